The van der Waals surface area contributed by atoms with Gasteiger partial charge in [0.1, 0.15) is 6.10 Å². The van der Waals surface area contributed by atoms with Gasteiger partial charge in [-0.15, -0.1) is 0 Å². The molecule has 0 aromatic rings. The van der Waals surface area contributed by atoms with E-state index in [-0.39, 0.29) is 24.9 Å². The zero-order chi connectivity index (χ0) is 47.4. The Morgan fingerprint density at radius 2 is 0.862 bits per heavy atom. The molecule has 65 heavy (non-hydrogen) atoms. The maximum Gasteiger partial charge on any atom is 0.306 e. The van der Waals surface area contributed by atoms with Crippen LogP contribution in [0, 0.1) is 0 Å². The third-order valence-corrected chi connectivity index (χ3v) is 11.0. The van der Waals surface area contributed by atoms with Crippen LogP contribution in [0.15, 0.2) is 122 Å². The highest BCUT2D eigenvalue weighted by atomic mass is 16.5. The molecule has 0 saturated carbocycles. The van der Waals surface area contributed by atoms with E-state index in [0.29, 0.717) is 19.3 Å². The lowest BCUT2D eigenvalue weighted by molar-refractivity contribution is -0.150. The smallest absolute Gasteiger partial charge is 0.306 e. The summed E-state index contributed by atoms with van der Waals surface area (Å²) in [6, 6.07) is -0.747. The van der Waals surface area contributed by atoms with E-state index in [4.69, 9.17) is 4.74 Å². The lowest BCUT2D eigenvalue weighted by atomic mass is 10.0. The Morgan fingerprint density at radius 1 is 0.477 bits per heavy atom. The quantitative estimate of drug-likeness (QED) is 0.0321. The molecule has 3 atom stereocenters. The highest BCUT2D eigenvalue weighted by Crippen LogP contribution is 2.15. The van der Waals surface area contributed by atoms with Gasteiger partial charge in [-0.25, -0.2) is 0 Å². The van der Waals surface area contributed by atoms with Gasteiger partial charge in [0.25, 0.3) is 0 Å². The van der Waals surface area contributed by atoms with Crippen LogP contribution in [0.25, 0.3) is 0 Å². The number of aliphatic hydroxyl groups excluding tert-OH is 2. The number of unbranched alkanes of at least 4 members (excludes halogenated alkanes) is 14. The van der Waals surface area contributed by atoms with E-state index in [1.165, 1.54) is 57.8 Å². The third kappa shape index (κ3) is 46.6. The van der Waals surface area contributed by atoms with E-state index in [2.05, 4.69) is 135 Å². The Bertz CT molecular complexity index is 1380. The van der Waals surface area contributed by atoms with Crippen molar-refractivity contribution in [2.75, 3.05) is 6.61 Å². The molecule has 0 bridgehead atoms. The van der Waals surface area contributed by atoms with Crippen LogP contribution in [0.3, 0.4) is 0 Å². The topological polar surface area (TPSA) is 95.9 Å². The summed E-state index contributed by atoms with van der Waals surface area (Å²) in [4.78, 5) is 26.1. The minimum absolute atomic E-state index is 0.0219. The fourth-order valence-corrected chi connectivity index (χ4v) is 7.13. The molecule has 0 aliphatic rings. The summed E-state index contributed by atoms with van der Waals surface area (Å²) in [6.45, 7) is 6.20. The van der Waals surface area contributed by atoms with Crippen LogP contribution < -0.4 is 5.32 Å². The first-order chi connectivity index (χ1) is 32.0. The Kier molecular flexibility index (Phi) is 48.3. The van der Waals surface area contributed by atoms with Crippen molar-refractivity contribution in [3.8, 4) is 0 Å². The molecule has 0 spiro atoms. The fraction of sp³-hybridized carbons (Fsp3) is 0.627. The molecule has 368 valence electrons. The van der Waals surface area contributed by atoms with Crippen molar-refractivity contribution in [3.63, 3.8) is 0 Å². The van der Waals surface area contributed by atoms with Crippen molar-refractivity contribution >= 4 is 11.9 Å². The number of carbonyl (C=O) groups excluding carboxylic acids is 2. The number of esters is 1. The molecular formula is C59H97NO5. The van der Waals surface area contributed by atoms with Gasteiger partial charge in [0, 0.05) is 12.8 Å². The second-order valence-corrected chi connectivity index (χ2v) is 17.2. The Labute approximate surface area is 400 Å². The Morgan fingerprint density at radius 3 is 1.29 bits per heavy atom. The zero-order valence-electron chi connectivity index (χ0n) is 41.8. The van der Waals surface area contributed by atoms with Crippen molar-refractivity contribution in [2.24, 2.45) is 0 Å². The molecule has 6 heteroatoms. The number of nitrogens with one attached hydrogen (secondary N) is 1. The number of hydrogen-bond donors (Lipinski definition) is 3. The number of amides is 1. The predicted molar refractivity (Wildman–Crippen MR) is 282 cm³/mol. The van der Waals surface area contributed by atoms with E-state index >= 15 is 0 Å². The van der Waals surface area contributed by atoms with Crippen molar-refractivity contribution in [2.45, 2.75) is 232 Å². The van der Waals surface area contributed by atoms with Gasteiger partial charge in [0.2, 0.25) is 5.91 Å². The summed E-state index contributed by atoms with van der Waals surface area (Å²) in [7, 11) is 0. The molecule has 0 aromatic heterocycles. The lowest BCUT2D eigenvalue weighted by Gasteiger charge is -2.24. The molecule has 1 amide bonds. The van der Waals surface area contributed by atoms with Gasteiger partial charge < -0.3 is 20.3 Å². The van der Waals surface area contributed by atoms with E-state index in [1.54, 1.807) is 0 Å². The largest absolute Gasteiger partial charge is 0.461 e. The van der Waals surface area contributed by atoms with E-state index < -0.39 is 18.2 Å². The van der Waals surface area contributed by atoms with Crippen LogP contribution in [0.1, 0.15) is 213 Å². The van der Waals surface area contributed by atoms with Crippen molar-refractivity contribution in [3.05, 3.63) is 122 Å². The minimum Gasteiger partial charge on any atom is -0.461 e. The van der Waals surface area contributed by atoms with Gasteiger partial charge in [-0.2, -0.15) is 0 Å². The molecule has 0 aromatic carbocycles. The molecule has 0 saturated heterocycles. The molecule has 0 aliphatic carbocycles. The lowest BCUT2D eigenvalue weighted by Crippen LogP contribution is -2.46. The Hall–Kier alpha value is -3.74. The number of carbonyl (C=O) groups is 2. The summed E-state index contributed by atoms with van der Waals surface area (Å²) in [5, 5.41) is 23.7. The van der Waals surface area contributed by atoms with Crippen LogP contribution in [0.4, 0.5) is 0 Å². The first kappa shape index (κ1) is 61.3. The van der Waals surface area contributed by atoms with Gasteiger partial charge in [0.15, 0.2) is 0 Å². The summed E-state index contributed by atoms with van der Waals surface area (Å²) in [5.74, 6) is -0.629. The molecule has 3 N–H and O–H groups in total. The second kappa shape index (κ2) is 51.2. The predicted octanol–water partition coefficient (Wildman–Crippen LogP) is 16.1. The van der Waals surface area contributed by atoms with Gasteiger partial charge in [-0.3, -0.25) is 9.59 Å². The number of hydrogen-bond acceptors (Lipinski definition) is 5. The number of allylic oxidation sites excluding steroid dienone is 19. The first-order valence-corrected chi connectivity index (χ1v) is 26.3. The average molecular weight is 900 g/mol. The van der Waals surface area contributed by atoms with Crippen molar-refractivity contribution in [1.82, 2.24) is 5.32 Å². The summed E-state index contributed by atoms with van der Waals surface area (Å²) in [6.07, 6.45) is 71.3. The van der Waals surface area contributed by atoms with Gasteiger partial charge in [0.05, 0.1) is 25.2 Å². The highest BCUT2D eigenvalue weighted by molar-refractivity contribution is 5.77. The molecule has 0 rings (SSSR count). The zero-order valence-corrected chi connectivity index (χ0v) is 41.8. The van der Waals surface area contributed by atoms with Crippen LogP contribution >= 0.6 is 0 Å². The van der Waals surface area contributed by atoms with Gasteiger partial charge in [-0.05, 0) is 89.9 Å². The van der Waals surface area contributed by atoms with Crippen LogP contribution in [-0.2, 0) is 14.3 Å². The number of aliphatic hydroxyl groups is 2. The molecule has 3 unspecified atom stereocenters. The summed E-state index contributed by atoms with van der Waals surface area (Å²) in [5.41, 5.74) is 0. The number of ether oxygens (including phenoxy) is 1. The third-order valence-electron chi connectivity index (χ3n) is 11.0. The SMILES string of the molecule is CC/C=C\C/C=C\C/C=C\C/C=C\C/C=C\CCCCCC(=O)OC(C/C=C\C/C=C\C/C=C\C/C=C\C/C=C\CC)CC(=O)NC(CO)C(O)CCCCCCCCCCCCCC. The molecular weight excluding hydrogens is 803 g/mol. The van der Waals surface area contributed by atoms with Gasteiger partial charge in [-0.1, -0.05) is 226 Å². The fourth-order valence-electron chi connectivity index (χ4n) is 7.13. The molecule has 6 nitrogen and oxygen atoms in total. The van der Waals surface area contributed by atoms with Crippen LogP contribution in [-0.4, -0.2) is 46.9 Å². The van der Waals surface area contributed by atoms with Crippen LogP contribution in [0.5, 0.6) is 0 Å². The monoisotopic (exact) mass is 900 g/mol. The van der Waals surface area contributed by atoms with E-state index in [1.807, 2.05) is 12.2 Å². The summed E-state index contributed by atoms with van der Waals surface area (Å²) < 4.78 is 5.86. The molecule has 0 heterocycles. The summed E-state index contributed by atoms with van der Waals surface area (Å²) >= 11 is 0. The van der Waals surface area contributed by atoms with E-state index in [0.717, 1.165) is 109 Å². The van der Waals surface area contributed by atoms with Crippen LogP contribution in [0.2, 0.25) is 0 Å². The van der Waals surface area contributed by atoms with E-state index in [9.17, 15) is 19.8 Å². The maximum absolute atomic E-state index is 13.2. The molecule has 0 radical (unpaired) electrons. The first-order valence-electron chi connectivity index (χ1n) is 26.3. The average Bonchev–Trinajstić information content (AvgIpc) is 3.30. The van der Waals surface area contributed by atoms with Gasteiger partial charge >= 0.3 is 5.97 Å². The standard InChI is InChI=1S/C59H97NO5/c1-4-7-10-13-16-19-22-25-27-28-29-30-32-34-37-40-43-46-49-52-59(64)65-55(50-47-44-41-38-35-33-31-26-23-20-17-14-11-8-5-2)53-58(63)60-56(54-61)57(62)51-48-45-42-39-36-24-21-18-15-12-9-6-3/h7-8,10-11,16-17,19-20,25-27,29-31,34-35,37-38,44,47,55-57,61-62H,4-6,9,12-15,18,21-24,28,32-33,36,39-43,45-46,48-54H2,1-3H3,(H,60,63)/b10-7-,11-8-,19-16-,20-17-,27-25-,30-29-,31-26-,37-34-,38-35-,47-44-. The normalized spacial score (nSPS) is 14.2. The Balaban J connectivity index is 4.79. The molecule has 0 aliphatic heterocycles. The highest BCUT2D eigenvalue weighted by Gasteiger charge is 2.23. The second-order valence-electron chi connectivity index (χ2n) is 17.2. The molecule has 0 fully saturated rings. The number of rotatable bonds is 45. The van der Waals surface area contributed by atoms with Crippen molar-refractivity contribution in [1.29, 1.82) is 0 Å². The maximum atomic E-state index is 13.2. The van der Waals surface area contributed by atoms with Crippen molar-refractivity contribution < 1.29 is 24.5 Å². The minimum atomic E-state index is -0.825.